The molecule has 2 aliphatic heterocycles. The standard InChI is InChI=1S/C16H22N4O/c1-13-16(3-8-21-9-4-16)2-6-19(13)12-14-10-18-15-11-17-5-7-20(14)15/h5,7,10-11,13H,2-4,6,8-9,12H2,1H3. The van der Waals surface area contributed by atoms with Crippen LogP contribution < -0.4 is 0 Å². The van der Waals surface area contributed by atoms with Crippen LogP contribution in [0.4, 0.5) is 0 Å². The maximum atomic E-state index is 5.56. The molecule has 0 saturated carbocycles. The predicted octanol–water partition coefficient (Wildman–Crippen LogP) is 2.12. The molecule has 0 bridgehead atoms. The number of hydrogen-bond acceptors (Lipinski definition) is 4. The molecule has 112 valence electrons. The van der Waals surface area contributed by atoms with Crippen LogP contribution in [0.15, 0.2) is 24.8 Å². The van der Waals surface area contributed by atoms with Crippen molar-refractivity contribution in [3.05, 3.63) is 30.5 Å². The number of aromatic nitrogens is 3. The van der Waals surface area contributed by atoms with Crippen molar-refractivity contribution in [2.75, 3.05) is 19.8 Å². The van der Waals surface area contributed by atoms with Gasteiger partial charge in [0, 0.05) is 38.2 Å². The van der Waals surface area contributed by atoms with Crippen molar-refractivity contribution in [1.82, 2.24) is 19.3 Å². The smallest absolute Gasteiger partial charge is 0.155 e. The van der Waals surface area contributed by atoms with E-state index in [1.54, 1.807) is 0 Å². The van der Waals surface area contributed by atoms with Gasteiger partial charge >= 0.3 is 0 Å². The highest BCUT2D eigenvalue weighted by Gasteiger charge is 2.45. The van der Waals surface area contributed by atoms with E-state index in [1.165, 1.54) is 31.5 Å². The molecule has 2 saturated heterocycles. The Morgan fingerprint density at radius 1 is 1.29 bits per heavy atom. The van der Waals surface area contributed by atoms with Gasteiger partial charge in [-0.1, -0.05) is 0 Å². The first-order chi connectivity index (χ1) is 10.3. The maximum Gasteiger partial charge on any atom is 0.155 e. The summed E-state index contributed by atoms with van der Waals surface area (Å²) in [7, 11) is 0. The molecule has 0 amide bonds. The summed E-state index contributed by atoms with van der Waals surface area (Å²) in [6.45, 7) is 6.40. The highest BCUT2D eigenvalue weighted by atomic mass is 16.5. The molecule has 2 aliphatic rings. The first-order valence-corrected chi connectivity index (χ1v) is 7.86. The van der Waals surface area contributed by atoms with Crippen LogP contribution in [0.1, 0.15) is 31.9 Å². The van der Waals surface area contributed by atoms with Crippen molar-refractivity contribution in [3.63, 3.8) is 0 Å². The molecule has 1 spiro atoms. The number of ether oxygens (including phenoxy) is 1. The Bertz CT molecular complexity index is 632. The van der Waals surface area contributed by atoms with Crippen LogP contribution in [0.5, 0.6) is 0 Å². The van der Waals surface area contributed by atoms with E-state index in [0.717, 1.165) is 25.4 Å². The summed E-state index contributed by atoms with van der Waals surface area (Å²) in [6, 6.07) is 0.619. The highest BCUT2D eigenvalue weighted by molar-refractivity contribution is 5.36. The average Bonchev–Trinajstić information content (AvgIpc) is 3.06. The van der Waals surface area contributed by atoms with Gasteiger partial charge in [0.25, 0.3) is 0 Å². The molecule has 4 rings (SSSR count). The fourth-order valence-corrected chi connectivity index (χ4v) is 4.04. The molecule has 0 aromatic carbocycles. The van der Waals surface area contributed by atoms with E-state index in [-0.39, 0.29) is 0 Å². The molecule has 5 nitrogen and oxygen atoms in total. The van der Waals surface area contributed by atoms with Gasteiger partial charge in [-0.3, -0.25) is 14.3 Å². The summed E-state index contributed by atoms with van der Waals surface area (Å²) in [5, 5.41) is 0. The highest BCUT2D eigenvalue weighted by Crippen LogP contribution is 2.45. The van der Waals surface area contributed by atoms with E-state index in [9.17, 15) is 0 Å². The van der Waals surface area contributed by atoms with Crippen molar-refractivity contribution in [1.29, 1.82) is 0 Å². The van der Waals surface area contributed by atoms with Crippen LogP contribution in [0.2, 0.25) is 0 Å². The van der Waals surface area contributed by atoms with Crippen LogP contribution >= 0.6 is 0 Å². The van der Waals surface area contributed by atoms with Crippen molar-refractivity contribution in [2.45, 2.75) is 38.8 Å². The molecule has 21 heavy (non-hydrogen) atoms. The number of fused-ring (bicyclic) bond motifs is 1. The zero-order chi connectivity index (χ0) is 14.3. The van der Waals surface area contributed by atoms with Gasteiger partial charge < -0.3 is 4.74 Å². The summed E-state index contributed by atoms with van der Waals surface area (Å²) in [6.07, 6.45) is 11.4. The fraction of sp³-hybridized carbons (Fsp3) is 0.625. The zero-order valence-corrected chi connectivity index (χ0v) is 12.5. The van der Waals surface area contributed by atoms with Crippen LogP contribution in [-0.4, -0.2) is 45.1 Å². The summed E-state index contributed by atoms with van der Waals surface area (Å²) in [4.78, 5) is 11.2. The summed E-state index contributed by atoms with van der Waals surface area (Å²) >= 11 is 0. The molecule has 0 aliphatic carbocycles. The van der Waals surface area contributed by atoms with Crippen LogP contribution in [-0.2, 0) is 11.3 Å². The molecule has 2 fully saturated rings. The number of imidazole rings is 1. The van der Waals surface area contributed by atoms with Crippen LogP contribution in [0, 0.1) is 5.41 Å². The molecule has 5 heteroatoms. The molecule has 0 radical (unpaired) electrons. The van der Waals surface area contributed by atoms with Gasteiger partial charge in [-0.05, 0) is 38.1 Å². The van der Waals surface area contributed by atoms with Crippen molar-refractivity contribution in [3.8, 4) is 0 Å². The molecular weight excluding hydrogens is 264 g/mol. The Balaban J connectivity index is 1.55. The summed E-state index contributed by atoms with van der Waals surface area (Å²) in [5.41, 5.74) is 2.66. The van der Waals surface area contributed by atoms with Gasteiger partial charge in [0.05, 0.1) is 18.1 Å². The van der Waals surface area contributed by atoms with E-state index in [4.69, 9.17) is 4.74 Å². The Kier molecular flexibility index (Phi) is 3.19. The molecule has 2 aromatic rings. The van der Waals surface area contributed by atoms with Crippen LogP contribution in [0.3, 0.4) is 0 Å². The molecule has 1 unspecified atom stereocenters. The SMILES string of the molecule is CC1N(Cc2cnc3cnccn23)CCC12CCOCC2. The molecule has 2 aromatic heterocycles. The Morgan fingerprint density at radius 3 is 3.00 bits per heavy atom. The normalized spacial score (nSPS) is 25.9. The Labute approximate surface area is 124 Å². The largest absolute Gasteiger partial charge is 0.381 e. The third-order valence-corrected chi connectivity index (χ3v) is 5.58. The molecule has 4 heterocycles. The van der Waals surface area contributed by atoms with Gasteiger partial charge in [0.15, 0.2) is 5.65 Å². The van der Waals surface area contributed by atoms with Crippen LogP contribution in [0.25, 0.3) is 5.65 Å². The number of hydrogen-bond donors (Lipinski definition) is 0. The average molecular weight is 286 g/mol. The fourth-order valence-electron chi connectivity index (χ4n) is 4.04. The second-order valence-corrected chi connectivity index (χ2v) is 6.43. The lowest BCUT2D eigenvalue weighted by Gasteiger charge is -2.39. The third-order valence-electron chi connectivity index (χ3n) is 5.58. The molecular formula is C16H22N4O. The van der Waals surface area contributed by atoms with E-state index >= 15 is 0 Å². The van der Waals surface area contributed by atoms with Gasteiger partial charge in [-0.2, -0.15) is 0 Å². The topological polar surface area (TPSA) is 42.7 Å². The molecule has 0 N–H and O–H groups in total. The van der Waals surface area contributed by atoms with Crippen molar-refractivity contribution in [2.24, 2.45) is 5.41 Å². The predicted molar refractivity (Wildman–Crippen MR) is 80.0 cm³/mol. The monoisotopic (exact) mass is 286 g/mol. The zero-order valence-electron chi connectivity index (χ0n) is 12.5. The summed E-state index contributed by atoms with van der Waals surface area (Å²) in [5.74, 6) is 0. The minimum atomic E-state index is 0.473. The van der Waals surface area contributed by atoms with Gasteiger partial charge in [-0.15, -0.1) is 0 Å². The Morgan fingerprint density at radius 2 is 2.14 bits per heavy atom. The Hall–Kier alpha value is -1.46. The summed E-state index contributed by atoms with van der Waals surface area (Å²) < 4.78 is 7.71. The first-order valence-electron chi connectivity index (χ1n) is 7.86. The lowest BCUT2D eigenvalue weighted by Crippen LogP contribution is -2.40. The maximum absolute atomic E-state index is 5.56. The van der Waals surface area contributed by atoms with Gasteiger partial charge in [0.2, 0.25) is 0 Å². The number of likely N-dealkylation sites (tertiary alicyclic amines) is 1. The van der Waals surface area contributed by atoms with Crippen molar-refractivity contribution < 1.29 is 4.74 Å². The third kappa shape index (κ3) is 2.15. The quantitative estimate of drug-likeness (QED) is 0.848. The van der Waals surface area contributed by atoms with Gasteiger partial charge in [0.1, 0.15) is 0 Å². The van der Waals surface area contributed by atoms with E-state index in [0.29, 0.717) is 11.5 Å². The number of rotatable bonds is 2. The lowest BCUT2D eigenvalue weighted by molar-refractivity contribution is -0.00163. The first kappa shape index (κ1) is 13.2. The lowest BCUT2D eigenvalue weighted by atomic mass is 9.74. The van der Waals surface area contributed by atoms with E-state index < -0.39 is 0 Å². The second-order valence-electron chi connectivity index (χ2n) is 6.43. The van der Waals surface area contributed by atoms with E-state index in [1.807, 2.05) is 24.8 Å². The number of nitrogens with zero attached hydrogens (tertiary/aromatic N) is 4. The molecule has 1 atom stereocenters. The van der Waals surface area contributed by atoms with Gasteiger partial charge in [-0.25, -0.2) is 4.98 Å². The minimum Gasteiger partial charge on any atom is -0.381 e. The van der Waals surface area contributed by atoms with E-state index in [2.05, 4.69) is 26.2 Å². The minimum absolute atomic E-state index is 0.473. The van der Waals surface area contributed by atoms with Crippen molar-refractivity contribution >= 4 is 5.65 Å². The second kappa shape index (κ2) is 5.07.